The van der Waals surface area contributed by atoms with Crippen molar-refractivity contribution in [1.29, 1.82) is 0 Å². The molecule has 2 aromatic rings. The van der Waals surface area contributed by atoms with Crippen LogP contribution in [-0.4, -0.2) is 24.0 Å². The van der Waals surface area contributed by atoms with E-state index in [2.05, 4.69) is 21.2 Å². The first-order chi connectivity index (χ1) is 12.4. The molecule has 1 saturated heterocycles. The number of hydrogen-bond donors (Lipinski definition) is 1. The Bertz CT molecular complexity index is 836. The highest BCUT2D eigenvalue weighted by molar-refractivity contribution is 9.10. The average Bonchev–Trinajstić information content (AvgIpc) is 2.63. The fourth-order valence-corrected chi connectivity index (χ4v) is 3.45. The van der Waals surface area contributed by atoms with Crippen LogP contribution in [0, 0.1) is 15.9 Å². The SMILES string of the molecule is O=C(NC1(c2ccc(F)cc2)CCOCC1)c1ccc(Br)c([N+](=O)[O-])c1. The minimum absolute atomic E-state index is 0.180. The van der Waals surface area contributed by atoms with Crippen LogP contribution < -0.4 is 5.32 Å². The summed E-state index contributed by atoms with van der Waals surface area (Å²) in [4.78, 5) is 23.3. The number of nitrogens with one attached hydrogen (secondary N) is 1. The predicted octanol–water partition coefficient (Wildman–Crippen LogP) is 3.93. The molecule has 1 N–H and O–H groups in total. The maximum Gasteiger partial charge on any atom is 0.284 e. The molecule has 3 rings (SSSR count). The molecule has 6 nitrogen and oxygen atoms in total. The lowest BCUT2D eigenvalue weighted by Gasteiger charge is -2.38. The molecule has 2 aromatic carbocycles. The number of nitrogens with zero attached hydrogens (tertiary/aromatic N) is 1. The van der Waals surface area contributed by atoms with Crippen LogP contribution in [-0.2, 0) is 10.3 Å². The number of carbonyl (C=O) groups excluding carboxylic acids is 1. The van der Waals surface area contributed by atoms with E-state index in [1.54, 1.807) is 12.1 Å². The van der Waals surface area contributed by atoms with Gasteiger partial charge in [-0.15, -0.1) is 0 Å². The summed E-state index contributed by atoms with van der Waals surface area (Å²) >= 11 is 3.11. The Kier molecular flexibility index (Phi) is 5.33. The standard InChI is InChI=1S/C18H16BrFN2O4/c19-15-6-1-12(11-16(15)22(24)25)17(23)21-18(7-9-26-10-8-18)13-2-4-14(20)5-3-13/h1-6,11H,7-10H2,(H,21,23). The topological polar surface area (TPSA) is 81.5 Å². The fourth-order valence-electron chi connectivity index (χ4n) is 3.06. The summed E-state index contributed by atoms with van der Waals surface area (Å²) in [5.41, 5.74) is 0.0840. The van der Waals surface area contributed by atoms with Crippen LogP contribution in [0.5, 0.6) is 0 Å². The summed E-state index contributed by atoms with van der Waals surface area (Å²) in [5, 5.41) is 14.1. The number of halogens is 2. The van der Waals surface area contributed by atoms with Crippen molar-refractivity contribution in [3.8, 4) is 0 Å². The maximum absolute atomic E-state index is 13.3. The third-order valence-electron chi connectivity index (χ3n) is 4.50. The molecule has 1 amide bonds. The van der Waals surface area contributed by atoms with E-state index in [0.717, 1.165) is 5.56 Å². The van der Waals surface area contributed by atoms with Gasteiger partial charge in [-0.1, -0.05) is 12.1 Å². The third kappa shape index (κ3) is 3.76. The Hall–Kier alpha value is -2.32. The zero-order valence-electron chi connectivity index (χ0n) is 13.7. The molecular formula is C18H16BrFN2O4. The van der Waals surface area contributed by atoms with Crippen LogP contribution >= 0.6 is 15.9 Å². The number of nitro benzene ring substituents is 1. The molecule has 1 fully saturated rings. The molecule has 0 radical (unpaired) electrons. The number of nitro groups is 1. The van der Waals surface area contributed by atoms with E-state index in [0.29, 0.717) is 30.5 Å². The summed E-state index contributed by atoms with van der Waals surface area (Å²) in [6, 6.07) is 10.2. The minimum atomic E-state index is -0.703. The molecule has 0 atom stereocenters. The Labute approximate surface area is 157 Å². The number of ether oxygens (including phenoxy) is 1. The molecule has 0 spiro atoms. The van der Waals surface area contributed by atoms with Crippen molar-refractivity contribution in [1.82, 2.24) is 5.32 Å². The lowest BCUT2D eigenvalue weighted by atomic mass is 9.82. The molecule has 26 heavy (non-hydrogen) atoms. The van der Waals surface area contributed by atoms with Gasteiger partial charge in [-0.2, -0.15) is 0 Å². The van der Waals surface area contributed by atoms with Gasteiger partial charge < -0.3 is 10.1 Å². The smallest absolute Gasteiger partial charge is 0.284 e. The van der Waals surface area contributed by atoms with Gasteiger partial charge in [0.2, 0.25) is 0 Å². The molecule has 0 aliphatic carbocycles. The van der Waals surface area contributed by atoms with E-state index in [1.165, 1.54) is 30.3 Å². The first-order valence-corrected chi connectivity index (χ1v) is 8.81. The molecule has 1 heterocycles. The number of rotatable bonds is 4. The van der Waals surface area contributed by atoms with Crippen molar-refractivity contribution in [3.05, 3.63) is 74.0 Å². The summed E-state index contributed by atoms with van der Waals surface area (Å²) < 4.78 is 19.0. The largest absolute Gasteiger partial charge is 0.381 e. The van der Waals surface area contributed by atoms with Crippen molar-refractivity contribution < 1.29 is 18.8 Å². The van der Waals surface area contributed by atoms with Gasteiger partial charge in [0.25, 0.3) is 11.6 Å². The van der Waals surface area contributed by atoms with Crippen LogP contribution in [0.3, 0.4) is 0 Å². The second-order valence-corrected chi connectivity index (χ2v) is 6.93. The van der Waals surface area contributed by atoms with Crippen molar-refractivity contribution in [2.24, 2.45) is 0 Å². The molecule has 8 heteroatoms. The van der Waals surface area contributed by atoms with Gasteiger partial charge in [0, 0.05) is 24.8 Å². The van der Waals surface area contributed by atoms with Crippen LogP contribution in [0.25, 0.3) is 0 Å². The first-order valence-electron chi connectivity index (χ1n) is 8.01. The Morgan fingerprint density at radius 2 is 1.85 bits per heavy atom. The number of carbonyl (C=O) groups is 1. The second kappa shape index (κ2) is 7.51. The summed E-state index contributed by atoms with van der Waals surface area (Å²) in [5.74, 6) is -0.780. The van der Waals surface area contributed by atoms with Crippen molar-refractivity contribution in [3.63, 3.8) is 0 Å². The monoisotopic (exact) mass is 422 g/mol. The lowest BCUT2D eigenvalue weighted by Crippen LogP contribution is -2.49. The molecule has 0 unspecified atom stereocenters. The van der Waals surface area contributed by atoms with Crippen LogP contribution in [0.15, 0.2) is 46.9 Å². The van der Waals surface area contributed by atoms with Gasteiger partial charge in [-0.25, -0.2) is 4.39 Å². The van der Waals surface area contributed by atoms with E-state index in [9.17, 15) is 19.3 Å². The molecule has 0 bridgehead atoms. The highest BCUT2D eigenvalue weighted by Crippen LogP contribution is 2.33. The van der Waals surface area contributed by atoms with Gasteiger partial charge in [-0.3, -0.25) is 14.9 Å². The van der Waals surface area contributed by atoms with Gasteiger partial charge in [-0.05, 0) is 58.6 Å². The van der Waals surface area contributed by atoms with Crippen molar-refractivity contribution >= 4 is 27.5 Å². The molecule has 1 aliphatic heterocycles. The molecule has 0 aromatic heterocycles. The van der Waals surface area contributed by atoms with E-state index >= 15 is 0 Å². The summed E-state index contributed by atoms with van der Waals surface area (Å²) in [7, 11) is 0. The van der Waals surface area contributed by atoms with Gasteiger partial charge >= 0.3 is 0 Å². The van der Waals surface area contributed by atoms with E-state index in [1.807, 2.05) is 0 Å². The summed E-state index contributed by atoms with van der Waals surface area (Å²) in [6.07, 6.45) is 1.06. The zero-order valence-corrected chi connectivity index (χ0v) is 15.3. The van der Waals surface area contributed by atoms with Gasteiger partial charge in [0.05, 0.1) is 14.9 Å². The zero-order chi connectivity index (χ0) is 18.7. The normalized spacial score (nSPS) is 16.1. The van der Waals surface area contributed by atoms with Crippen LogP contribution in [0.2, 0.25) is 0 Å². The number of benzene rings is 2. The molecule has 136 valence electrons. The first kappa shape index (κ1) is 18.5. The van der Waals surface area contributed by atoms with Gasteiger partial charge in [0.15, 0.2) is 0 Å². The van der Waals surface area contributed by atoms with Gasteiger partial charge in [0.1, 0.15) is 5.82 Å². The van der Waals surface area contributed by atoms with Crippen LogP contribution in [0.1, 0.15) is 28.8 Å². The summed E-state index contributed by atoms with van der Waals surface area (Å²) in [6.45, 7) is 0.913. The quantitative estimate of drug-likeness (QED) is 0.597. The molecule has 0 saturated carbocycles. The third-order valence-corrected chi connectivity index (χ3v) is 5.17. The Morgan fingerprint density at radius 1 is 1.19 bits per heavy atom. The van der Waals surface area contributed by atoms with Crippen molar-refractivity contribution in [2.45, 2.75) is 18.4 Å². The second-order valence-electron chi connectivity index (χ2n) is 6.08. The highest BCUT2D eigenvalue weighted by atomic mass is 79.9. The fraction of sp³-hybridized carbons (Fsp3) is 0.278. The highest BCUT2D eigenvalue weighted by Gasteiger charge is 2.36. The van der Waals surface area contributed by atoms with E-state index in [-0.39, 0.29) is 17.1 Å². The molecular weight excluding hydrogens is 407 g/mol. The molecule has 1 aliphatic rings. The maximum atomic E-state index is 13.3. The van der Waals surface area contributed by atoms with E-state index in [4.69, 9.17) is 4.74 Å². The average molecular weight is 423 g/mol. The Balaban J connectivity index is 1.92. The predicted molar refractivity (Wildman–Crippen MR) is 96.4 cm³/mol. The van der Waals surface area contributed by atoms with Crippen LogP contribution in [0.4, 0.5) is 10.1 Å². The minimum Gasteiger partial charge on any atom is -0.381 e. The number of hydrogen-bond acceptors (Lipinski definition) is 4. The number of amides is 1. The Morgan fingerprint density at radius 3 is 2.46 bits per heavy atom. The van der Waals surface area contributed by atoms with Crippen molar-refractivity contribution in [2.75, 3.05) is 13.2 Å². The lowest BCUT2D eigenvalue weighted by molar-refractivity contribution is -0.385. The van der Waals surface area contributed by atoms with E-state index < -0.39 is 16.4 Å².